The van der Waals surface area contributed by atoms with Crippen LogP contribution in [0.3, 0.4) is 0 Å². The summed E-state index contributed by atoms with van der Waals surface area (Å²) in [5, 5.41) is 29.2. The summed E-state index contributed by atoms with van der Waals surface area (Å²) in [6.45, 7) is 4.27. The molecule has 8 heteroatoms. The number of benzene rings is 1. The van der Waals surface area contributed by atoms with Gasteiger partial charge in [0.25, 0.3) is 0 Å². The second-order valence-corrected chi connectivity index (χ2v) is 6.13. The lowest BCUT2D eigenvalue weighted by Crippen LogP contribution is -2.36. The highest BCUT2D eigenvalue weighted by atomic mass is 16.3. The number of nitrogens with one attached hydrogen (secondary N) is 1. The van der Waals surface area contributed by atoms with E-state index in [1.807, 2.05) is 37.5 Å². The maximum atomic E-state index is 10.6. The van der Waals surface area contributed by atoms with E-state index in [-0.39, 0.29) is 6.04 Å². The Hall–Kier alpha value is -2.58. The molecule has 24 heavy (non-hydrogen) atoms. The summed E-state index contributed by atoms with van der Waals surface area (Å²) in [6, 6.07) is 8.06. The number of rotatable bonds is 6. The zero-order chi connectivity index (χ0) is 17.2. The van der Waals surface area contributed by atoms with Crippen LogP contribution in [0, 0.1) is 0 Å². The molecule has 2 N–H and O–H groups in total. The summed E-state index contributed by atoms with van der Waals surface area (Å²) in [5.41, 5.74) is 1.83. The SMILES string of the molecule is CC(NCC(C)(O)c1cnn(C)c1)c1ccc(-n2cnnn2)cc1. The number of tetrazole rings is 1. The Morgan fingerprint density at radius 2 is 2.04 bits per heavy atom. The summed E-state index contributed by atoms with van der Waals surface area (Å²) in [4.78, 5) is 0. The Labute approximate surface area is 140 Å². The smallest absolute Gasteiger partial charge is 0.143 e. The summed E-state index contributed by atoms with van der Waals surface area (Å²) < 4.78 is 3.29. The molecule has 0 aliphatic heterocycles. The van der Waals surface area contributed by atoms with Crippen molar-refractivity contribution in [2.24, 2.45) is 7.05 Å². The van der Waals surface area contributed by atoms with Gasteiger partial charge in [-0.1, -0.05) is 12.1 Å². The first-order valence-electron chi connectivity index (χ1n) is 7.74. The third-order valence-electron chi connectivity index (χ3n) is 4.09. The first kappa shape index (κ1) is 16.3. The zero-order valence-corrected chi connectivity index (χ0v) is 14.0. The number of aromatic nitrogens is 6. The largest absolute Gasteiger partial charge is 0.384 e. The van der Waals surface area contributed by atoms with Gasteiger partial charge in [0.1, 0.15) is 11.9 Å². The van der Waals surface area contributed by atoms with Crippen LogP contribution in [0.15, 0.2) is 43.0 Å². The van der Waals surface area contributed by atoms with E-state index in [9.17, 15) is 5.11 Å². The molecule has 0 spiro atoms. The average molecular weight is 327 g/mol. The van der Waals surface area contributed by atoms with Crippen molar-refractivity contribution in [3.05, 3.63) is 54.1 Å². The van der Waals surface area contributed by atoms with Crippen molar-refractivity contribution in [3.63, 3.8) is 0 Å². The quantitative estimate of drug-likeness (QED) is 0.700. The van der Waals surface area contributed by atoms with E-state index >= 15 is 0 Å². The summed E-state index contributed by atoms with van der Waals surface area (Å²) in [7, 11) is 1.84. The van der Waals surface area contributed by atoms with E-state index in [2.05, 4.69) is 32.9 Å². The van der Waals surface area contributed by atoms with Crippen molar-refractivity contribution in [2.45, 2.75) is 25.5 Å². The topological polar surface area (TPSA) is 93.7 Å². The Balaban J connectivity index is 1.63. The lowest BCUT2D eigenvalue weighted by molar-refractivity contribution is 0.0543. The standard InChI is InChI=1S/C16H21N7O/c1-12(17-10-16(2,24)14-8-19-22(3)9-14)13-4-6-15(7-5-13)23-11-18-20-21-23/h4-9,11-12,17,24H,10H2,1-3H3. The monoisotopic (exact) mass is 327 g/mol. The number of hydrogen-bond acceptors (Lipinski definition) is 6. The normalized spacial score (nSPS) is 15.2. The van der Waals surface area contributed by atoms with Crippen molar-refractivity contribution in [1.29, 1.82) is 0 Å². The number of aliphatic hydroxyl groups is 1. The molecule has 8 nitrogen and oxygen atoms in total. The minimum Gasteiger partial charge on any atom is -0.384 e. The van der Waals surface area contributed by atoms with Gasteiger partial charge in [0, 0.05) is 31.4 Å². The lowest BCUT2D eigenvalue weighted by atomic mass is 9.98. The predicted octanol–water partition coefficient (Wildman–Crippen LogP) is 0.954. The van der Waals surface area contributed by atoms with Gasteiger partial charge in [-0.2, -0.15) is 5.10 Å². The van der Waals surface area contributed by atoms with Crippen LogP contribution < -0.4 is 5.32 Å². The third kappa shape index (κ3) is 3.50. The van der Waals surface area contributed by atoms with Crippen molar-refractivity contribution in [3.8, 4) is 5.69 Å². The minimum absolute atomic E-state index is 0.0936. The van der Waals surface area contributed by atoms with E-state index in [0.717, 1.165) is 16.8 Å². The van der Waals surface area contributed by atoms with Gasteiger partial charge in [-0.25, -0.2) is 4.68 Å². The van der Waals surface area contributed by atoms with Crippen LogP contribution in [-0.2, 0) is 12.6 Å². The molecule has 3 aromatic rings. The molecule has 126 valence electrons. The van der Waals surface area contributed by atoms with Crippen molar-refractivity contribution < 1.29 is 5.11 Å². The number of nitrogens with zero attached hydrogens (tertiary/aromatic N) is 6. The highest BCUT2D eigenvalue weighted by Crippen LogP contribution is 2.21. The molecule has 0 saturated carbocycles. The molecule has 2 heterocycles. The maximum Gasteiger partial charge on any atom is 0.143 e. The minimum atomic E-state index is -0.977. The molecule has 2 atom stereocenters. The van der Waals surface area contributed by atoms with Gasteiger partial charge in [-0.05, 0) is 42.0 Å². The average Bonchev–Trinajstić information content (AvgIpc) is 3.24. The highest BCUT2D eigenvalue weighted by Gasteiger charge is 2.25. The van der Waals surface area contributed by atoms with Crippen LogP contribution in [0.5, 0.6) is 0 Å². The molecule has 1 aromatic carbocycles. The van der Waals surface area contributed by atoms with Crippen LogP contribution in [0.1, 0.15) is 31.0 Å². The van der Waals surface area contributed by atoms with Crippen molar-refractivity contribution in [1.82, 2.24) is 35.3 Å². The van der Waals surface area contributed by atoms with Crippen LogP contribution >= 0.6 is 0 Å². The third-order valence-corrected chi connectivity index (χ3v) is 4.09. The van der Waals surface area contributed by atoms with Crippen LogP contribution in [0.4, 0.5) is 0 Å². The van der Waals surface area contributed by atoms with E-state index in [4.69, 9.17) is 0 Å². The summed E-state index contributed by atoms with van der Waals surface area (Å²) in [6.07, 6.45) is 5.07. The molecule has 0 bridgehead atoms. The van der Waals surface area contributed by atoms with E-state index in [0.29, 0.717) is 6.54 Å². The highest BCUT2D eigenvalue weighted by molar-refractivity contribution is 5.34. The number of hydrogen-bond donors (Lipinski definition) is 2. The number of aryl methyl sites for hydroxylation is 1. The first-order valence-corrected chi connectivity index (χ1v) is 7.74. The first-order chi connectivity index (χ1) is 11.5. The Morgan fingerprint density at radius 3 is 2.62 bits per heavy atom. The van der Waals surface area contributed by atoms with Crippen LogP contribution in [-0.4, -0.2) is 41.6 Å². The molecule has 3 rings (SSSR count). The molecule has 0 saturated heterocycles. The van der Waals surface area contributed by atoms with Gasteiger partial charge in [-0.3, -0.25) is 4.68 Å². The zero-order valence-electron chi connectivity index (χ0n) is 14.0. The molecule has 0 aliphatic rings. The molecule has 0 amide bonds. The van der Waals surface area contributed by atoms with Crippen molar-refractivity contribution >= 4 is 0 Å². The molecule has 0 aliphatic carbocycles. The van der Waals surface area contributed by atoms with Crippen molar-refractivity contribution in [2.75, 3.05) is 6.54 Å². The second-order valence-electron chi connectivity index (χ2n) is 6.13. The molecular formula is C16H21N7O. The molecule has 0 fully saturated rings. The van der Waals surface area contributed by atoms with Gasteiger partial charge in [0.05, 0.1) is 11.9 Å². The van der Waals surface area contributed by atoms with Gasteiger partial charge in [0.2, 0.25) is 0 Å². The molecule has 2 aromatic heterocycles. The maximum absolute atomic E-state index is 10.6. The Kier molecular flexibility index (Phi) is 4.41. The predicted molar refractivity (Wildman–Crippen MR) is 88.4 cm³/mol. The van der Waals surface area contributed by atoms with E-state index in [1.165, 1.54) is 0 Å². The van der Waals surface area contributed by atoms with E-state index < -0.39 is 5.60 Å². The fourth-order valence-electron chi connectivity index (χ4n) is 2.47. The van der Waals surface area contributed by atoms with Gasteiger partial charge in [-0.15, -0.1) is 5.10 Å². The summed E-state index contributed by atoms with van der Waals surface area (Å²) in [5.74, 6) is 0. The molecule has 0 radical (unpaired) electrons. The van der Waals surface area contributed by atoms with Crippen LogP contribution in [0.25, 0.3) is 5.69 Å². The molecule has 2 unspecified atom stereocenters. The second kappa shape index (κ2) is 6.50. The lowest BCUT2D eigenvalue weighted by Gasteiger charge is -2.25. The summed E-state index contributed by atoms with van der Waals surface area (Å²) >= 11 is 0. The Morgan fingerprint density at radius 1 is 1.29 bits per heavy atom. The fourth-order valence-corrected chi connectivity index (χ4v) is 2.47. The molecular weight excluding hydrogens is 306 g/mol. The van der Waals surface area contributed by atoms with Crippen LogP contribution in [0.2, 0.25) is 0 Å². The van der Waals surface area contributed by atoms with E-state index in [1.54, 1.807) is 28.8 Å². The van der Waals surface area contributed by atoms with Gasteiger partial charge < -0.3 is 10.4 Å². The Bertz CT molecular complexity index is 777. The van der Waals surface area contributed by atoms with Gasteiger partial charge >= 0.3 is 0 Å². The van der Waals surface area contributed by atoms with Gasteiger partial charge in [0.15, 0.2) is 0 Å². The fraction of sp³-hybridized carbons (Fsp3) is 0.375.